The number of pyridine rings is 1. The molecule has 1 aromatic heterocycles. The van der Waals surface area contributed by atoms with Crippen LogP contribution in [0.1, 0.15) is 23.5 Å². The van der Waals surface area contributed by atoms with E-state index in [1.54, 1.807) is 6.20 Å². The summed E-state index contributed by atoms with van der Waals surface area (Å²) in [6.45, 7) is 0. The standard InChI is InChI=1S/C15H13F3N2.ClH/c16-15(17,18)11-4-1-9(2-5-11)14-6-3-10(8-20-14)12-7-13(12)19;/h1-6,8,12-13H,7,19H2;1H/t12-,13+;/m0./s1. The van der Waals surface area contributed by atoms with Gasteiger partial charge in [0.25, 0.3) is 0 Å². The molecule has 2 nitrogen and oxygen atoms in total. The molecule has 0 saturated heterocycles. The largest absolute Gasteiger partial charge is 0.416 e. The summed E-state index contributed by atoms with van der Waals surface area (Å²) in [5.74, 6) is 0.379. The molecule has 3 rings (SSSR count). The van der Waals surface area contributed by atoms with Crippen LogP contribution in [-0.4, -0.2) is 11.0 Å². The number of hydrogen-bond acceptors (Lipinski definition) is 2. The lowest BCUT2D eigenvalue weighted by molar-refractivity contribution is -0.137. The van der Waals surface area contributed by atoms with Crippen molar-refractivity contribution in [2.24, 2.45) is 5.73 Å². The number of rotatable bonds is 2. The van der Waals surface area contributed by atoms with Crippen molar-refractivity contribution in [3.05, 3.63) is 53.7 Å². The normalized spacial score (nSPS) is 20.8. The van der Waals surface area contributed by atoms with Gasteiger partial charge in [-0.25, -0.2) is 0 Å². The highest BCUT2D eigenvalue weighted by molar-refractivity contribution is 5.85. The third kappa shape index (κ3) is 3.36. The summed E-state index contributed by atoms with van der Waals surface area (Å²) < 4.78 is 37.4. The average molecular weight is 315 g/mol. The summed E-state index contributed by atoms with van der Waals surface area (Å²) in [4.78, 5) is 4.30. The maximum atomic E-state index is 12.5. The zero-order valence-electron chi connectivity index (χ0n) is 11.0. The lowest BCUT2D eigenvalue weighted by atomic mass is 10.1. The fraction of sp³-hybridized carbons (Fsp3) is 0.267. The van der Waals surface area contributed by atoms with Crippen LogP contribution >= 0.6 is 12.4 Å². The summed E-state index contributed by atoms with van der Waals surface area (Å²) in [5, 5.41) is 0. The Morgan fingerprint density at radius 2 is 1.67 bits per heavy atom. The molecule has 1 aliphatic rings. The molecule has 0 bridgehead atoms. The monoisotopic (exact) mass is 314 g/mol. The van der Waals surface area contributed by atoms with Gasteiger partial charge in [-0.3, -0.25) is 4.98 Å². The summed E-state index contributed by atoms with van der Waals surface area (Å²) in [5.41, 5.74) is 7.55. The van der Waals surface area contributed by atoms with E-state index in [0.29, 0.717) is 17.2 Å². The molecule has 2 atom stereocenters. The predicted molar refractivity (Wildman–Crippen MR) is 77.3 cm³/mol. The third-order valence-electron chi connectivity index (χ3n) is 3.56. The van der Waals surface area contributed by atoms with Gasteiger partial charge in [-0.15, -0.1) is 12.4 Å². The fourth-order valence-corrected chi connectivity index (χ4v) is 2.22. The highest BCUT2D eigenvalue weighted by atomic mass is 35.5. The van der Waals surface area contributed by atoms with E-state index in [9.17, 15) is 13.2 Å². The van der Waals surface area contributed by atoms with Crippen molar-refractivity contribution >= 4 is 12.4 Å². The molecule has 0 radical (unpaired) electrons. The molecule has 21 heavy (non-hydrogen) atoms. The van der Waals surface area contributed by atoms with E-state index in [-0.39, 0.29) is 18.4 Å². The van der Waals surface area contributed by atoms with E-state index in [2.05, 4.69) is 4.98 Å². The summed E-state index contributed by atoms with van der Waals surface area (Å²) in [7, 11) is 0. The van der Waals surface area contributed by atoms with Gasteiger partial charge in [-0.1, -0.05) is 18.2 Å². The van der Waals surface area contributed by atoms with E-state index in [4.69, 9.17) is 5.73 Å². The highest BCUT2D eigenvalue weighted by Gasteiger charge is 2.35. The fourth-order valence-electron chi connectivity index (χ4n) is 2.22. The Bertz CT molecular complexity index is 608. The van der Waals surface area contributed by atoms with E-state index < -0.39 is 11.7 Å². The van der Waals surface area contributed by atoms with Crippen molar-refractivity contribution in [1.29, 1.82) is 0 Å². The maximum Gasteiger partial charge on any atom is 0.416 e. The van der Waals surface area contributed by atoms with Crippen LogP contribution < -0.4 is 5.73 Å². The van der Waals surface area contributed by atoms with Crippen LogP contribution in [0.4, 0.5) is 13.2 Å². The number of benzene rings is 1. The number of nitrogens with zero attached hydrogens (tertiary/aromatic N) is 1. The second-order valence-electron chi connectivity index (χ2n) is 5.06. The van der Waals surface area contributed by atoms with Crippen LogP contribution in [0.15, 0.2) is 42.6 Å². The van der Waals surface area contributed by atoms with E-state index in [1.807, 2.05) is 12.1 Å². The molecule has 1 saturated carbocycles. The molecule has 2 N–H and O–H groups in total. The Balaban J connectivity index is 0.00000161. The first-order valence-corrected chi connectivity index (χ1v) is 6.34. The first kappa shape index (κ1) is 15.8. The van der Waals surface area contributed by atoms with Gasteiger partial charge in [-0.2, -0.15) is 13.2 Å². The number of hydrogen-bond donors (Lipinski definition) is 1. The molecule has 1 fully saturated rings. The van der Waals surface area contributed by atoms with Crippen molar-refractivity contribution in [3.63, 3.8) is 0 Å². The van der Waals surface area contributed by atoms with Crippen LogP contribution in [0.25, 0.3) is 11.3 Å². The lowest BCUT2D eigenvalue weighted by Crippen LogP contribution is -2.04. The van der Waals surface area contributed by atoms with Crippen LogP contribution in [0, 0.1) is 0 Å². The molecule has 1 aliphatic carbocycles. The van der Waals surface area contributed by atoms with Gasteiger partial charge in [0.15, 0.2) is 0 Å². The zero-order valence-corrected chi connectivity index (χ0v) is 11.8. The molecule has 112 valence electrons. The molecule has 0 unspecified atom stereocenters. The Kier molecular flexibility index (Phi) is 4.25. The maximum absolute atomic E-state index is 12.5. The number of nitrogens with two attached hydrogens (primary N) is 1. The van der Waals surface area contributed by atoms with Gasteiger partial charge in [0.1, 0.15) is 0 Å². The second kappa shape index (κ2) is 5.66. The minimum absolute atomic E-state index is 0. The summed E-state index contributed by atoms with van der Waals surface area (Å²) >= 11 is 0. The minimum atomic E-state index is -4.31. The van der Waals surface area contributed by atoms with Crippen molar-refractivity contribution in [1.82, 2.24) is 4.98 Å². The summed E-state index contributed by atoms with van der Waals surface area (Å²) in [6.07, 6.45) is -1.58. The predicted octanol–water partition coefficient (Wildman–Crippen LogP) is 4.00. The molecule has 0 amide bonds. The average Bonchev–Trinajstić information content (AvgIpc) is 3.15. The Labute approximate surface area is 126 Å². The highest BCUT2D eigenvalue weighted by Crippen LogP contribution is 2.39. The molecule has 0 spiro atoms. The smallest absolute Gasteiger partial charge is 0.327 e. The summed E-state index contributed by atoms with van der Waals surface area (Å²) in [6, 6.07) is 9.00. The lowest BCUT2D eigenvalue weighted by Gasteiger charge is -2.07. The van der Waals surface area contributed by atoms with Crippen LogP contribution in [0.2, 0.25) is 0 Å². The van der Waals surface area contributed by atoms with Gasteiger partial charge in [0.05, 0.1) is 11.3 Å². The number of halogens is 4. The van der Waals surface area contributed by atoms with Crippen molar-refractivity contribution in [3.8, 4) is 11.3 Å². The third-order valence-corrected chi connectivity index (χ3v) is 3.56. The van der Waals surface area contributed by atoms with Gasteiger partial charge in [0, 0.05) is 23.7 Å². The van der Waals surface area contributed by atoms with E-state index in [1.165, 1.54) is 12.1 Å². The minimum Gasteiger partial charge on any atom is -0.327 e. The molecule has 1 aromatic carbocycles. The molecular formula is C15H14ClF3N2. The molecule has 6 heteroatoms. The quantitative estimate of drug-likeness (QED) is 0.910. The van der Waals surface area contributed by atoms with Crippen LogP contribution in [0.3, 0.4) is 0 Å². The topological polar surface area (TPSA) is 38.9 Å². The zero-order chi connectivity index (χ0) is 14.3. The van der Waals surface area contributed by atoms with Gasteiger partial charge in [0.2, 0.25) is 0 Å². The molecular weight excluding hydrogens is 301 g/mol. The molecule has 1 heterocycles. The molecule has 2 aromatic rings. The number of aromatic nitrogens is 1. The Hall–Kier alpha value is -1.59. The molecule has 0 aliphatic heterocycles. The number of alkyl halides is 3. The van der Waals surface area contributed by atoms with E-state index in [0.717, 1.165) is 24.1 Å². The van der Waals surface area contributed by atoms with Crippen molar-refractivity contribution < 1.29 is 13.2 Å². The second-order valence-corrected chi connectivity index (χ2v) is 5.06. The van der Waals surface area contributed by atoms with Gasteiger partial charge < -0.3 is 5.73 Å². The van der Waals surface area contributed by atoms with Gasteiger partial charge >= 0.3 is 6.18 Å². The van der Waals surface area contributed by atoms with Gasteiger partial charge in [-0.05, 0) is 30.2 Å². The van der Waals surface area contributed by atoms with Crippen LogP contribution in [0.5, 0.6) is 0 Å². The Morgan fingerprint density at radius 1 is 1.05 bits per heavy atom. The SMILES string of the molecule is Cl.N[C@@H]1C[C@H]1c1ccc(-c2ccc(C(F)(F)F)cc2)nc1. The first-order chi connectivity index (χ1) is 9.45. The Morgan fingerprint density at radius 3 is 2.10 bits per heavy atom. The van der Waals surface area contributed by atoms with E-state index >= 15 is 0 Å². The first-order valence-electron chi connectivity index (χ1n) is 6.34. The van der Waals surface area contributed by atoms with Crippen LogP contribution in [-0.2, 0) is 6.18 Å². The van der Waals surface area contributed by atoms with Crippen molar-refractivity contribution in [2.75, 3.05) is 0 Å². The van der Waals surface area contributed by atoms with Crippen molar-refractivity contribution in [2.45, 2.75) is 24.6 Å².